The lowest BCUT2D eigenvalue weighted by Crippen LogP contribution is -2.22. The molecule has 0 unspecified atom stereocenters. The van der Waals surface area contributed by atoms with Gasteiger partial charge in [0.05, 0.1) is 12.4 Å². The lowest BCUT2D eigenvalue weighted by Gasteiger charge is -2.16. The van der Waals surface area contributed by atoms with E-state index in [-0.39, 0.29) is 0 Å². The third kappa shape index (κ3) is 3.72. The summed E-state index contributed by atoms with van der Waals surface area (Å²) in [4.78, 5) is 2.12. The molecule has 0 amide bonds. The van der Waals surface area contributed by atoms with Gasteiger partial charge in [-0.2, -0.15) is 4.68 Å². The van der Waals surface area contributed by atoms with E-state index >= 15 is 0 Å². The SMILES string of the molecule is Cc1ccccc1-n1nnn(CN(C)Cc2ccc(Cl)cc2)c1=S. The lowest BCUT2D eigenvalue weighted by molar-refractivity contribution is 0.242. The second-order valence-corrected chi connectivity index (χ2v) is 6.54. The van der Waals surface area contributed by atoms with Crippen LogP contribution in [-0.4, -0.2) is 31.7 Å². The van der Waals surface area contributed by atoms with E-state index in [2.05, 4.69) is 15.3 Å². The van der Waals surface area contributed by atoms with E-state index in [9.17, 15) is 0 Å². The summed E-state index contributed by atoms with van der Waals surface area (Å²) in [6.07, 6.45) is 0. The third-order valence-electron chi connectivity index (χ3n) is 3.72. The molecule has 0 fully saturated rings. The fraction of sp³-hybridized carbons (Fsp3) is 0.235. The highest BCUT2D eigenvalue weighted by Crippen LogP contribution is 2.13. The minimum absolute atomic E-state index is 0.563. The smallest absolute Gasteiger partial charge is 0.221 e. The van der Waals surface area contributed by atoms with Crippen molar-refractivity contribution in [2.24, 2.45) is 0 Å². The first kappa shape index (κ1) is 16.8. The zero-order valence-electron chi connectivity index (χ0n) is 13.6. The fourth-order valence-corrected chi connectivity index (χ4v) is 2.85. The van der Waals surface area contributed by atoms with Gasteiger partial charge < -0.3 is 0 Å². The van der Waals surface area contributed by atoms with Crippen molar-refractivity contribution < 1.29 is 0 Å². The number of tetrazole rings is 1. The molecule has 0 N–H and O–H groups in total. The average molecular weight is 360 g/mol. The molecule has 1 aromatic heterocycles. The van der Waals surface area contributed by atoms with Crippen LogP contribution in [0.25, 0.3) is 5.69 Å². The van der Waals surface area contributed by atoms with Crippen LogP contribution in [0, 0.1) is 11.7 Å². The fourth-order valence-electron chi connectivity index (χ4n) is 2.50. The number of halogens is 1. The second kappa shape index (κ2) is 7.25. The molecule has 0 aliphatic carbocycles. The Hall–Kier alpha value is -2.02. The Morgan fingerprint density at radius 1 is 1.08 bits per heavy atom. The zero-order chi connectivity index (χ0) is 17.1. The van der Waals surface area contributed by atoms with Crippen molar-refractivity contribution in [2.75, 3.05) is 7.05 Å². The van der Waals surface area contributed by atoms with Crippen LogP contribution in [0.5, 0.6) is 0 Å². The summed E-state index contributed by atoms with van der Waals surface area (Å²) in [7, 11) is 2.02. The maximum absolute atomic E-state index is 5.92. The normalized spacial score (nSPS) is 11.2. The third-order valence-corrected chi connectivity index (χ3v) is 4.36. The average Bonchev–Trinajstić information content (AvgIpc) is 2.91. The van der Waals surface area contributed by atoms with Gasteiger partial charge >= 0.3 is 0 Å². The first-order valence-corrected chi connectivity index (χ1v) is 8.35. The van der Waals surface area contributed by atoms with E-state index in [1.54, 1.807) is 9.36 Å². The summed E-state index contributed by atoms with van der Waals surface area (Å²) in [5.41, 5.74) is 3.24. The summed E-state index contributed by atoms with van der Waals surface area (Å²) < 4.78 is 3.99. The Kier molecular flexibility index (Phi) is 5.08. The predicted molar refractivity (Wildman–Crippen MR) is 97.8 cm³/mol. The molecule has 0 saturated heterocycles. The van der Waals surface area contributed by atoms with Gasteiger partial charge in [-0.3, -0.25) is 4.90 Å². The molecule has 3 aromatic rings. The predicted octanol–water partition coefficient (Wildman–Crippen LogP) is 3.85. The monoisotopic (exact) mass is 359 g/mol. The first-order chi connectivity index (χ1) is 11.5. The van der Waals surface area contributed by atoms with Gasteiger partial charge in [0.2, 0.25) is 4.77 Å². The highest BCUT2D eigenvalue weighted by atomic mass is 35.5. The van der Waals surface area contributed by atoms with Crippen LogP contribution in [0.2, 0.25) is 5.02 Å². The van der Waals surface area contributed by atoms with Gasteiger partial charge in [0.15, 0.2) is 0 Å². The molecule has 124 valence electrons. The molecule has 0 bridgehead atoms. The molecular weight excluding hydrogens is 342 g/mol. The highest BCUT2D eigenvalue weighted by Gasteiger charge is 2.09. The minimum Gasteiger partial charge on any atom is -0.283 e. The number of para-hydroxylation sites is 1. The van der Waals surface area contributed by atoms with Crippen molar-refractivity contribution in [2.45, 2.75) is 20.1 Å². The maximum atomic E-state index is 5.92. The summed E-state index contributed by atoms with van der Waals surface area (Å²) in [6, 6.07) is 15.8. The van der Waals surface area contributed by atoms with Crippen LogP contribution in [-0.2, 0) is 13.2 Å². The minimum atomic E-state index is 0.563. The Labute approximate surface area is 151 Å². The number of aryl methyl sites for hydroxylation is 1. The molecule has 0 spiro atoms. The summed E-state index contributed by atoms with van der Waals surface area (Å²) in [6.45, 7) is 3.37. The highest BCUT2D eigenvalue weighted by molar-refractivity contribution is 7.71. The zero-order valence-corrected chi connectivity index (χ0v) is 15.1. The summed E-state index contributed by atoms with van der Waals surface area (Å²) >= 11 is 11.4. The van der Waals surface area contributed by atoms with Gasteiger partial charge in [0.25, 0.3) is 0 Å². The van der Waals surface area contributed by atoms with Crippen molar-refractivity contribution in [3.05, 3.63) is 69.5 Å². The second-order valence-electron chi connectivity index (χ2n) is 5.74. The van der Waals surface area contributed by atoms with E-state index in [4.69, 9.17) is 23.8 Å². The van der Waals surface area contributed by atoms with Crippen LogP contribution in [0.3, 0.4) is 0 Å². The van der Waals surface area contributed by atoms with Crippen molar-refractivity contribution in [1.29, 1.82) is 0 Å². The number of benzene rings is 2. The molecule has 3 rings (SSSR count). The summed E-state index contributed by atoms with van der Waals surface area (Å²) in [5.74, 6) is 0. The number of rotatable bonds is 5. The molecule has 1 heterocycles. The Morgan fingerprint density at radius 3 is 2.50 bits per heavy atom. The Balaban J connectivity index is 1.75. The molecule has 5 nitrogen and oxygen atoms in total. The van der Waals surface area contributed by atoms with E-state index in [1.807, 2.05) is 62.5 Å². The molecule has 24 heavy (non-hydrogen) atoms. The number of hydrogen-bond donors (Lipinski definition) is 0. The van der Waals surface area contributed by atoms with Crippen LogP contribution >= 0.6 is 23.8 Å². The molecule has 7 heteroatoms. The van der Waals surface area contributed by atoms with Crippen LogP contribution in [0.4, 0.5) is 0 Å². The van der Waals surface area contributed by atoms with Crippen LogP contribution in [0.1, 0.15) is 11.1 Å². The Bertz CT molecular complexity index is 884. The molecule has 0 radical (unpaired) electrons. The largest absolute Gasteiger partial charge is 0.283 e. The topological polar surface area (TPSA) is 38.9 Å². The Morgan fingerprint density at radius 2 is 1.79 bits per heavy atom. The maximum Gasteiger partial charge on any atom is 0.221 e. The molecule has 2 aromatic carbocycles. The number of nitrogens with zero attached hydrogens (tertiary/aromatic N) is 5. The lowest BCUT2D eigenvalue weighted by atomic mass is 10.2. The quantitative estimate of drug-likeness (QED) is 0.649. The molecular formula is C17H18ClN5S. The van der Waals surface area contributed by atoms with Gasteiger partial charge in [-0.15, -0.1) is 0 Å². The van der Waals surface area contributed by atoms with E-state index in [0.717, 1.165) is 22.8 Å². The molecule has 0 aliphatic rings. The van der Waals surface area contributed by atoms with Crippen molar-refractivity contribution in [1.82, 2.24) is 24.7 Å². The van der Waals surface area contributed by atoms with Crippen molar-refractivity contribution >= 4 is 23.8 Å². The van der Waals surface area contributed by atoms with Gasteiger partial charge in [0, 0.05) is 11.6 Å². The van der Waals surface area contributed by atoms with Crippen molar-refractivity contribution in [3.8, 4) is 5.69 Å². The van der Waals surface area contributed by atoms with Crippen LogP contribution < -0.4 is 0 Å². The molecule has 0 aliphatic heterocycles. The molecule has 0 saturated carbocycles. The number of hydrogen-bond acceptors (Lipinski definition) is 4. The van der Waals surface area contributed by atoms with E-state index in [0.29, 0.717) is 11.4 Å². The standard InChI is InChI=1S/C17H18ClN5S/c1-13-5-3-4-6-16(13)23-17(24)22(19-20-23)12-21(2)11-14-7-9-15(18)10-8-14/h3-10H,11-12H2,1-2H3. The van der Waals surface area contributed by atoms with Gasteiger partial charge in [0.1, 0.15) is 0 Å². The van der Waals surface area contributed by atoms with E-state index < -0.39 is 0 Å². The van der Waals surface area contributed by atoms with Gasteiger partial charge in [-0.1, -0.05) is 41.9 Å². The molecule has 0 atom stereocenters. The van der Waals surface area contributed by atoms with Crippen molar-refractivity contribution in [3.63, 3.8) is 0 Å². The van der Waals surface area contributed by atoms with Gasteiger partial charge in [-0.05, 0) is 65.9 Å². The van der Waals surface area contributed by atoms with E-state index in [1.165, 1.54) is 5.56 Å². The first-order valence-electron chi connectivity index (χ1n) is 7.56. The van der Waals surface area contributed by atoms with Crippen LogP contribution in [0.15, 0.2) is 48.5 Å². The summed E-state index contributed by atoms with van der Waals surface area (Å²) in [5, 5.41) is 9.13. The number of aromatic nitrogens is 4. The van der Waals surface area contributed by atoms with Gasteiger partial charge in [-0.25, -0.2) is 4.68 Å².